The first-order valence-electron chi connectivity index (χ1n) is 5.21. The van der Waals surface area contributed by atoms with Crippen LogP contribution in [-0.4, -0.2) is 11.6 Å². The van der Waals surface area contributed by atoms with Gasteiger partial charge in [0.1, 0.15) is 5.60 Å². The minimum Gasteiger partial charge on any atom is -0.459 e. The van der Waals surface area contributed by atoms with Crippen LogP contribution < -0.4 is 0 Å². The van der Waals surface area contributed by atoms with E-state index in [1.54, 1.807) is 45.0 Å². The summed E-state index contributed by atoms with van der Waals surface area (Å²) in [5.74, 6) is -1.38. The summed E-state index contributed by atoms with van der Waals surface area (Å²) in [6, 6.07) is 9.04. The Morgan fingerprint density at radius 2 is 1.88 bits per heavy atom. The van der Waals surface area contributed by atoms with E-state index in [1.165, 1.54) is 0 Å². The molecular formula is C13H14BrNO2. The van der Waals surface area contributed by atoms with Crippen molar-refractivity contribution in [2.45, 2.75) is 32.3 Å². The van der Waals surface area contributed by atoms with Crippen LogP contribution in [0, 0.1) is 11.3 Å². The van der Waals surface area contributed by atoms with E-state index in [1.807, 2.05) is 6.07 Å². The van der Waals surface area contributed by atoms with Gasteiger partial charge in [-0.05, 0) is 38.5 Å². The summed E-state index contributed by atoms with van der Waals surface area (Å²) in [6.45, 7) is 5.34. The second-order valence-electron chi connectivity index (χ2n) is 4.65. The van der Waals surface area contributed by atoms with Gasteiger partial charge in [0, 0.05) is 4.47 Å². The average Bonchev–Trinajstić information content (AvgIpc) is 2.19. The zero-order valence-corrected chi connectivity index (χ0v) is 11.6. The van der Waals surface area contributed by atoms with Gasteiger partial charge >= 0.3 is 5.97 Å². The molecule has 0 N–H and O–H groups in total. The fraction of sp³-hybridized carbons (Fsp3) is 0.385. The van der Waals surface area contributed by atoms with Gasteiger partial charge in [0.25, 0.3) is 0 Å². The van der Waals surface area contributed by atoms with Gasteiger partial charge in [-0.15, -0.1) is 0 Å². The molecule has 0 aliphatic heterocycles. The van der Waals surface area contributed by atoms with Crippen molar-refractivity contribution in [3.05, 3.63) is 34.3 Å². The number of rotatable bonds is 2. The molecule has 0 heterocycles. The van der Waals surface area contributed by atoms with Gasteiger partial charge in [0.15, 0.2) is 5.92 Å². The topological polar surface area (TPSA) is 50.1 Å². The van der Waals surface area contributed by atoms with Crippen molar-refractivity contribution < 1.29 is 9.53 Å². The highest BCUT2D eigenvalue weighted by Gasteiger charge is 2.26. The molecule has 0 aliphatic rings. The molecule has 0 amide bonds. The van der Waals surface area contributed by atoms with E-state index in [4.69, 9.17) is 10.00 Å². The van der Waals surface area contributed by atoms with E-state index in [9.17, 15) is 4.79 Å². The molecule has 0 aliphatic carbocycles. The van der Waals surface area contributed by atoms with Crippen molar-refractivity contribution in [2.24, 2.45) is 0 Å². The first-order valence-corrected chi connectivity index (χ1v) is 6.01. The molecule has 3 nitrogen and oxygen atoms in total. The standard InChI is InChI=1S/C13H14BrNO2/c1-13(2,3)17-12(16)11(8-15)9-4-6-10(14)7-5-9/h4-7,11H,1-3H3. The maximum Gasteiger partial charge on any atom is 0.328 e. The Balaban J connectivity index is 2.90. The SMILES string of the molecule is CC(C)(C)OC(=O)C(C#N)c1ccc(Br)cc1. The Kier molecular flexibility index (Phi) is 4.30. The molecule has 1 rings (SSSR count). The third-order valence-electron chi connectivity index (χ3n) is 1.97. The summed E-state index contributed by atoms with van der Waals surface area (Å²) in [4.78, 5) is 11.8. The lowest BCUT2D eigenvalue weighted by molar-refractivity contribution is -0.155. The Labute approximate surface area is 110 Å². The normalized spacial score (nSPS) is 12.6. The van der Waals surface area contributed by atoms with Crippen LogP contribution in [0.15, 0.2) is 28.7 Å². The van der Waals surface area contributed by atoms with Gasteiger partial charge in [-0.3, -0.25) is 4.79 Å². The largest absolute Gasteiger partial charge is 0.459 e. The molecular weight excluding hydrogens is 282 g/mol. The van der Waals surface area contributed by atoms with Crippen LogP contribution in [0.1, 0.15) is 32.3 Å². The molecule has 17 heavy (non-hydrogen) atoms. The first-order chi connectivity index (χ1) is 7.83. The van der Waals surface area contributed by atoms with Crippen LogP contribution in [0.25, 0.3) is 0 Å². The third-order valence-corrected chi connectivity index (χ3v) is 2.50. The van der Waals surface area contributed by atoms with Gasteiger partial charge in [-0.1, -0.05) is 28.1 Å². The van der Waals surface area contributed by atoms with Crippen molar-refractivity contribution in [2.75, 3.05) is 0 Å². The summed E-state index contributed by atoms with van der Waals surface area (Å²) in [5, 5.41) is 9.05. The van der Waals surface area contributed by atoms with Gasteiger partial charge in [-0.2, -0.15) is 5.26 Å². The molecule has 0 bridgehead atoms. The number of benzene rings is 1. The van der Waals surface area contributed by atoms with Crippen molar-refractivity contribution in [1.82, 2.24) is 0 Å². The molecule has 0 aromatic heterocycles. The molecule has 0 radical (unpaired) electrons. The Hall–Kier alpha value is -1.34. The maximum atomic E-state index is 11.8. The summed E-state index contributed by atoms with van der Waals surface area (Å²) in [5.41, 5.74) is 0.0617. The van der Waals surface area contributed by atoms with E-state index in [0.717, 1.165) is 4.47 Å². The summed E-state index contributed by atoms with van der Waals surface area (Å²) in [6.07, 6.45) is 0. The summed E-state index contributed by atoms with van der Waals surface area (Å²) < 4.78 is 6.11. The second kappa shape index (κ2) is 5.33. The lowest BCUT2D eigenvalue weighted by atomic mass is 10.0. The quantitative estimate of drug-likeness (QED) is 0.786. The fourth-order valence-electron chi connectivity index (χ4n) is 1.28. The molecule has 4 heteroatoms. The molecule has 0 spiro atoms. The molecule has 90 valence electrons. The smallest absolute Gasteiger partial charge is 0.328 e. The lowest BCUT2D eigenvalue weighted by Gasteiger charge is -2.21. The highest BCUT2D eigenvalue weighted by atomic mass is 79.9. The van der Waals surface area contributed by atoms with Crippen LogP contribution in [0.3, 0.4) is 0 Å². The monoisotopic (exact) mass is 295 g/mol. The second-order valence-corrected chi connectivity index (χ2v) is 5.56. The predicted molar refractivity (Wildman–Crippen MR) is 68.3 cm³/mol. The Bertz CT molecular complexity index is 440. The molecule has 1 aromatic rings. The van der Waals surface area contributed by atoms with E-state index in [0.29, 0.717) is 5.56 Å². The number of nitrogens with zero attached hydrogens (tertiary/aromatic N) is 1. The van der Waals surface area contributed by atoms with Crippen LogP contribution in [0.5, 0.6) is 0 Å². The Morgan fingerprint density at radius 1 is 1.35 bits per heavy atom. The first kappa shape index (κ1) is 13.7. The maximum absolute atomic E-state index is 11.8. The Morgan fingerprint density at radius 3 is 2.29 bits per heavy atom. The van der Waals surface area contributed by atoms with Crippen LogP contribution in [-0.2, 0) is 9.53 Å². The van der Waals surface area contributed by atoms with Crippen LogP contribution >= 0.6 is 15.9 Å². The molecule has 1 unspecified atom stereocenters. The molecule has 0 saturated carbocycles. The third kappa shape index (κ3) is 4.20. The number of ether oxygens (including phenoxy) is 1. The summed E-state index contributed by atoms with van der Waals surface area (Å²) >= 11 is 3.30. The van der Waals surface area contributed by atoms with Gasteiger partial charge in [0.05, 0.1) is 6.07 Å². The fourth-order valence-corrected chi connectivity index (χ4v) is 1.54. The van der Waals surface area contributed by atoms with E-state index < -0.39 is 17.5 Å². The molecule has 1 atom stereocenters. The van der Waals surface area contributed by atoms with Crippen LogP contribution in [0.4, 0.5) is 0 Å². The van der Waals surface area contributed by atoms with Crippen molar-refractivity contribution >= 4 is 21.9 Å². The zero-order valence-electron chi connectivity index (χ0n) is 10.0. The number of hydrogen-bond acceptors (Lipinski definition) is 3. The van der Waals surface area contributed by atoms with Gasteiger partial charge in [-0.25, -0.2) is 0 Å². The summed E-state index contributed by atoms with van der Waals surface area (Å²) in [7, 11) is 0. The van der Waals surface area contributed by atoms with E-state index in [-0.39, 0.29) is 0 Å². The zero-order chi connectivity index (χ0) is 13.1. The van der Waals surface area contributed by atoms with Crippen molar-refractivity contribution in [1.29, 1.82) is 5.26 Å². The number of carbonyl (C=O) groups is 1. The number of hydrogen-bond donors (Lipinski definition) is 0. The number of esters is 1. The molecule has 0 fully saturated rings. The van der Waals surface area contributed by atoms with Gasteiger partial charge in [0.2, 0.25) is 0 Å². The number of halogens is 1. The van der Waals surface area contributed by atoms with Crippen LogP contribution in [0.2, 0.25) is 0 Å². The highest BCUT2D eigenvalue weighted by Crippen LogP contribution is 2.22. The predicted octanol–water partition coefficient (Wildman–Crippen LogP) is 3.40. The number of carbonyl (C=O) groups excluding carboxylic acids is 1. The van der Waals surface area contributed by atoms with Crippen molar-refractivity contribution in [3.8, 4) is 6.07 Å². The van der Waals surface area contributed by atoms with E-state index in [2.05, 4.69) is 15.9 Å². The molecule has 1 aromatic carbocycles. The average molecular weight is 296 g/mol. The minimum absolute atomic E-state index is 0.512. The molecule has 0 saturated heterocycles. The number of nitriles is 1. The van der Waals surface area contributed by atoms with Crippen molar-refractivity contribution in [3.63, 3.8) is 0 Å². The van der Waals surface area contributed by atoms with Gasteiger partial charge < -0.3 is 4.74 Å². The minimum atomic E-state index is -0.873. The highest BCUT2D eigenvalue weighted by molar-refractivity contribution is 9.10. The lowest BCUT2D eigenvalue weighted by Crippen LogP contribution is -2.27. The van der Waals surface area contributed by atoms with E-state index >= 15 is 0 Å².